The summed E-state index contributed by atoms with van der Waals surface area (Å²) in [5, 5.41) is 0. The SMILES string of the molecule is CC(C)c1nc(-c2ccccc2F)c(N)n1N. The first-order valence-corrected chi connectivity index (χ1v) is 5.40. The summed E-state index contributed by atoms with van der Waals surface area (Å²) < 4.78 is 15.0. The minimum absolute atomic E-state index is 0.128. The number of aromatic nitrogens is 2. The second kappa shape index (κ2) is 4.08. The van der Waals surface area contributed by atoms with E-state index in [1.165, 1.54) is 10.7 Å². The van der Waals surface area contributed by atoms with E-state index in [4.69, 9.17) is 11.6 Å². The molecule has 90 valence electrons. The first-order chi connectivity index (χ1) is 8.02. The monoisotopic (exact) mass is 234 g/mol. The van der Waals surface area contributed by atoms with Gasteiger partial charge < -0.3 is 11.6 Å². The van der Waals surface area contributed by atoms with Crippen LogP contribution in [0.25, 0.3) is 11.3 Å². The number of nitrogens with two attached hydrogens (primary N) is 2. The standard InChI is InChI=1S/C12H15FN4/c1-7(2)12-16-10(11(14)17(12)15)8-5-3-4-6-9(8)13/h3-7H,14-15H2,1-2H3. The second-order valence-corrected chi connectivity index (χ2v) is 4.21. The third kappa shape index (κ3) is 1.84. The molecule has 0 saturated carbocycles. The highest BCUT2D eigenvalue weighted by atomic mass is 19.1. The van der Waals surface area contributed by atoms with Crippen LogP contribution in [0.15, 0.2) is 24.3 Å². The Kier molecular flexibility index (Phi) is 2.75. The number of nitrogens with zero attached hydrogens (tertiary/aromatic N) is 2. The Morgan fingerprint density at radius 1 is 1.29 bits per heavy atom. The molecule has 2 rings (SSSR count). The van der Waals surface area contributed by atoms with Crippen LogP contribution in [0.1, 0.15) is 25.6 Å². The van der Waals surface area contributed by atoms with Crippen molar-refractivity contribution in [2.24, 2.45) is 0 Å². The Balaban J connectivity index is 2.61. The van der Waals surface area contributed by atoms with Gasteiger partial charge in [0, 0.05) is 11.5 Å². The molecule has 1 aromatic carbocycles. The number of anilines is 1. The summed E-state index contributed by atoms with van der Waals surface area (Å²) in [6.07, 6.45) is 0. The Bertz CT molecular complexity index is 545. The zero-order chi connectivity index (χ0) is 12.6. The third-order valence-corrected chi connectivity index (χ3v) is 2.62. The van der Waals surface area contributed by atoms with E-state index >= 15 is 0 Å². The van der Waals surface area contributed by atoms with Gasteiger partial charge in [-0.05, 0) is 12.1 Å². The highest BCUT2D eigenvalue weighted by Crippen LogP contribution is 2.29. The average Bonchev–Trinajstić information content (AvgIpc) is 2.57. The lowest BCUT2D eigenvalue weighted by molar-refractivity contribution is 0.631. The van der Waals surface area contributed by atoms with Gasteiger partial charge in [0.1, 0.15) is 17.3 Å². The lowest BCUT2D eigenvalue weighted by Crippen LogP contribution is -2.16. The van der Waals surface area contributed by atoms with Crippen molar-refractivity contribution in [1.29, 1.82) is 0 Å². The molecule has 17 heavy (non-hydrogen) atoms. The summed E-state index contributed by atoms with van der Waals surface area (Å²) in [5.41, 5.74) is 6.62. The summed E-state index contributed by atoms with van der Waals surface area (Å²) in [6, 6.07) is 6.37. The highest BCUT2D eigenvalue weighted by molar-refractivity contribution is 5.71. The predicted octanol–water partition coefficient (Wildman–Crippen LogP) is 2.11. The molecule has 0 amide bonds. The molecule has 0 aliphatic heterocycles. The molecule has 1 aromatic heterocycles. The van der Waals surface area contributed by atoms with Gasteiger partial charge in [-0.25, -0.2) is 14.1 Å². The molecular weight excluding hydrogens is 219 g/mol. The summed E-state index contributed by atoms with van der Waals surface area (Å²) in [4.78, 5) is 4.31. The average molecular weight is 234 g/mol. The molecule has 0 bridgehead atoms. The molecule has 0 unspecified atom stereocenters. The van der Waals surface area contributed by atoms with Crippen LogP contribution in [0.2, 0.25) is 0 Å². The molecule has 0 aliphatic rings. The maximum Gasteiger partial charge on any atom is 0.150 e. The maximum absolute atomic E-state index is 13.7. The van der Waals surface area contributed by atoms with Gasteiger partial charge in [0.05, 0.1) is 0 Å². The van der Waals surface area contributed by atoms with Crippen molar-refractivity contribution in [2.45, 2.75) is 19.8 Å². The van der Waals surface area contributed by atoms with Crippen LogP contribution in [0.4, 0.5) is 10.2 Å². The van der Waals surface area contributed by atoms with E-state index in [1.54, 1.807) is 18.2 Å². The lowest BCUT2D eigenvalue weighted by Gasteiger charge is -2.04. The van der Waals surface area contributed by atoms with Gasteiger partial charge in [0.15, 0.2) is 5.82 Å². The fraction of sp³-hybridized carbons (Fsp3) is 0.250. The molecule has 0 radical (unpaired) electrons. The molecule has 0 atom stereocenters. The Labute approximate surface area is 99.0 Å². The molecule has 1 heterocycles. The van der Waals surface area contributed by atoms with Crippen LogP contribution in [0.3, 0.4) is 0 Å². The smallest absolute Gasteiger partial charge is 0.150 e. The van der Waals surface area contributed by atoms with Crippen LogP contribution in [-0.2, 0) is 0 Å². The molecule has 0 aliphatic carbocycles. The van der Waals surface area contributed by atoms with Crippen molar-refractivity contribution < 1.29 is 4.39 Å². The minimum atomic E-state index is -0.354. The van der Waals surface area contributed by atoms with Crippen molar-refractivity contribution in [3.63, 3.8) is 0 Å². The number of hydrogen-bond acceptors (Lipinski definition) is 3. The minimum Gasteiger partial charge on any atom is -0.382 e. The van der Waals surface area contributed by atoms with Crippen LogP contribution in [-0.4, -0.2) is 9.66 Å². The first kappa shape index (κ1) is 11.4. The molecule has 0 saturated heterocycles. The van der Waals surface area contributed by atoms with Gasteiger partial charge in [-0.2, -0.15) is 0 Å². The third-order valence-electron chi connectivity index (χ3n) is 2.62. The maximum atomic E-state index is 13.7. The molecule has 5 heteroatoms. The van der Waals surface area contributed by atoms with Gasteiger partial charge in [-0.3, -0.25) is 0 Å². The van der Waals surface area contributed by atoms with Gasteiger partial charge in [0.25, 0.3) is 0 Å². The van der Waals surface area contributed by atoms with Crippen LogP contribution in [0.5, 0.6) is 0 Å². The largest absolute Gasteiger partial charge is 0.382 e. The molecule has 4 nitrogen and oxygen atoms in total. The van der Waals surface area contributed by atoms with Crippen molar-refractivity contribution in [3.8, 4) is 11.3 Å². The number of rotatable bonds is 2. The Hall–Kier alpha value is -2.04. The van der Waals surface area contributed by atoms with Crippen molar-refractivity contribution >= 4 is 5.82 Å². The van der Waals surface area contributed by atoms with Gasteiger partial charge in [0.2, 0.25) is 0 Å². The summed E-state index contributed by atoms with van der Waals surface area (Å²) in [5.74, 6) is 6.49. The molecular formula is C12H15FN4. The number of nitrogen functional groups attached to an aromatic ring is 2. The molecule has 0 fully saturated rings. The predicted molar refractivity (Wildman–Crippen MR) is 66.3 cm³/mol. The molecule has 0 spiro atoms. The van der Waals surface area contributed by atoms with E-state index in [9.17, 15) is 4.39 Å². The van der Waals surface area contributed by atoms with Crippen LogP contribution >= 0.6 is 0 Å². The van der Waals surface area contributed by atoms with E-state index in [0.29, 0.717) is 17.1 Å². The fourth-order valence-electron chi connectivity index (χ4n) is 1.72. The quantitative estimate of drug-likeness (QED) is 0.782. The van der Waals surface area contributed by atoms with Crippen LogP contribution < -0.4 is 11.6 Å². The summed E-state index contributed by atoms with van der Waals surface area (Å²) >= 11 is 0. The van der Waals surface area contributed by atoms with E-state index in [0.717, 1.165) is 0 Å². The van der Waals surface area contributed by atoms with Crippen molar-refractivity contribution in [3.05, 3.63) is 35.9 Å². The van der Waals surface area contributed by atoms with Crippen molar-refractivity contribution in [1.82, 2.24) is 9.66 Å². The van der Waals surface area contributed by atoms with E-state index in [-0.39, 0.29) is 17.6 Å². The topological polar surface area (TPSA) is 69.9 Å². The van der Waals surface area contributed by atoms with Gasteiger partial charge in [-0.15, -0.1) is 0 Å². The lowest BCUT2D eigenvalue weighted by atomic mass is 10.1. The Morgan fingerprint density at radius 2 is 1.94 bits per heavy atom. The molecule has 2 aromatic rings. The zero-order valence-electron chi connectivity index (χ0n) is 9.81. The van der Waals surface area contributed by atoms with E-state index < -0.39 is 0 Å². The number of benzene rings is 1. The number of halogens is 1. The van der Waals surface area contributed by atoms with E-state index in [2.05, 4.69) is 4.98 Å². The van der Waals surface area contributed by atoms with E-state index in [1.807, 2.05) is 13.8 Å². The van der Waals surface area contributed by atoms with Gasteiger partial charge in [-0.1, -0.05) is 26.0 Å². The second-order valence-electron chi connectivity index (χ2n) is 4.21. The van der Waals surface area contributed by atoms with Crippen LogP contribution in [0, 0.1) is 5.82 Å². The van der Waals surface area contributed by atoms with Crippen molar-refractivity contribution in [2.75, 3.05) is 11.6 Å². The fourth-order valence-corrected chi connectivity index (χ4v) is 1.72. The number of imidazole rings is 1. The number of hydrogen-bond donors (Lipinski definition) is 2. The normalized spacial score (nSPS) is 11.1. The summed E-state index contributed by atoms with van der Waals surface area (Å²) in [6.45, 7) is 3.91. The Morgan fingerprint density at radius 3 is 2.47 bits per heavy atom. The summed E-state index contributed by atoms with van der Waals surface area (Å²) in [7, 11) is 0. The molecule has 4 N–H and O–H groups in total. The first-order valence-electron chi connectivity index (χ1n) is 5.40. The van der Waals surface area contributed by atoms with Gasteiger partial charge >= 0.3 is 0 Å². The highest BCUT2D eigenvalue weighted by Gasteiger charge is 2.18. The zero-order valence-corrected chi connectivity index (χ0v) is 9.81.